The molecule has 1 aromatic carbocycles. The molecule has 1 unspecified atom stereocenters. The van der Waals surface area contributed by atoms with E-state index < -0.39 is 0 Å². The Balaban J connectivity index is 1.74. The maximum atomic E-state index is 12.7. The largest absolute Gasteiger partial charge is 0.298 e. The normalized spacial score (nSPS) is 18.5. The lowest BCUT2D eigenvalue weighted by Gasteiger charge is -2.24. The van der Waals surface area contributed by atoms with E-state index in [0.717, 1.165) is 42.1 Å². The van der Waals surface area contributed by atoms with E-state index in [2.05, 4.69) is 15.2 Å². The lowest BCUT2D eigenvalue weighted by Crippen LogP contribution is -2.30. The zero-order valence-corrected chi connectivity index (χ0v) is 13.8. The van der Waals surface area contributed by atoms with Gasteiger partial charge in [-0.15, -0.1) is 0 Å². The van der Waals surface area contributed by atoms with Gasteiger partial charge < -0.3 is 0 Å². The van der Waals surface area contributed by atoms with Gasteiger partial charge >= 0.3 is 0 Å². The maximum Gasteiger partial charge on any atom is 0.261 e. The van der Waals surface area contributed by atoms with Crippen LogP contribution >= 0.6 is 0 Å². The molecule has 0 amide bonds. The first-order valence-electron chi connectivity index (χ1n) is 8.13. The molecule has 1 saturated heterocycles. The third kappa shape index (κ3) is 2.41. The zero-order valence-electron chi connectivity index (χ0n) is 13.8. The first-order valence-corrected chi connectivity index (χ1v) is 8.13. The van der Waals surface area contributed by atoms with E-state index in [1.165, 1.54) is 0 Å². The van der Waals surface area contributed by atoms with Crippen molar-refractivity contribution in [3.8, 4) is 0 Å². The van der Waals surface area contributed by atoms with Crippen LogP contribution in [0.15, 0.2) is 33.7 Å². The van der Waals surface area contributed by atoms with Crippen LogP contribution in [-0.2, 0) is 13.6 Å². The van der Waals surface area contributed by atoms with Crippen molar-refractivity contribution in [3.05, 3.63) is 51.8 Å². The van der Waals surface area contributed by atoms with Gasteiger partial charge in [0, 0.05) is 13.6 Å². The van der Waals surface area contributed by atoms with Crippen LogP contribution in [0.4, 0.5) is 0 Å². The average molecular weight is 325 g/mol. The predicted octanol–water partition coefficient (Wildman–Crippen LogP) is 1.96. The van der Waals surface area contributed by atoms with Crippen LogP contribution < -0.4 is 5.56 Å². The van der Waals surface area contributed by atoms with Gasteiger partial charge in [-0.3, -0.25) is 14.3 Å². The minimum Gasteiger partial charge on any atom is -0.298 e. The number of aryl methyl sites for hydroxylation is 1. The Kier molecular flexibility index (Phi) is 3.65. The quantitative estimate of drug-likeness (QED) is 0.732. The number of para-hydroxylation sites is 1. The predicted molar refractivity (Wildman–Crippen MR) is 88.4 cm³/mol. The summed E-state index contributed by atoms with van der Waals surface area (Å²) in [5.41, 5.74) is 2.40. The first-order chi connectivity index (χ1) is 11.6. The SMILES string of the molecule is Cc1nonc1CN1CCCC1c1nc2ccccc2c(=O)n1C. The van der Waals surface area contributed by atoms with Crippen molar-refractivity contribution in [1.82, 2.24) is 24.8 Å². The number of hydrogen-bond acceptors (Lipinski definition) is 6. The van der Waals surface area contributed by atoms with E-state index in [0.29, 0.717) is 11.9 Å². The number of likely N-dealkylation sites (tertiary alicyclic amines) is 1. The molecule has 7 nitrogen and oxygen atoms in total. The fraction of sp³-hybridized carbons (Fsp3) is 0.412. The second-order valence-corrected chi connectivity index (χ2v) is 6.28. The fourth-order valence-corrected chi connectivity index (χ4v) is 3.43. The summed E-state index contributed by atoms with van der Waals surface area (Å²) in [6.45, 7) is 3.49. The minimum absolute atomic E-state index is 0.00160. The highest BCUT2D eigenvalue weighted by Crippen LogP contribution is 2.32. The third-order valence-electron chi connectivity index (χ3n) is 4.78. The summed E-state index contributed by atoms with van der Waals surface area (Å²) < 4.78 is 6.48. The van der Waals surface area contributed by atoms with Crippen molar-refractivity contribution in [1.29, 1.82) is 0 Å². The Labute approximate surface area is 138 Å². The summed E-state index contributed by atoms with van der Waals surface area (Å²) in [4.78, 5) is 19.7. The molecule has 3 heterocycles. The van der Waals surface area contributed by atoms with Crippen LogP contribution in [0.2, 0.25) is 0 Å². The molecule has 124 valence electrons. The molecule has 1 fully saturated rings. The average Bonchev–Trinajstić information content (AvgIpc) is 3.21. The van der Waals surface area contributed by atoms with E-state index in [1.807, 2.05) is 31.2 Å². The van der Waals surface area contributed by atoms with Gasteiger partial charge in [-0.2, -0.15) is 0 Å². The van der Waals surface area contributed by atoms with Gasteiger partial charge in [0.25, 0.3) is 5.56 Å². The van der Waals surface area contributed by atoms with E-state index in [4.69, 9.17) is 9.61 Å². The summed E-state index contributed by atoms with van der Waals surface area (Å²) in [6.07, 6.45) is 2.04. The number of benzene rings is 1. The Morgan fingerprint density at radius 1 is 1.29 bits per heavy atom. The Morgan fingerprint density at radius 2 is 2.12 bits per heavy atom. The van der Waals surface area contributed by atoms with E-state index in [-0.39, 0.29) is 11.6 Å². The summed E-state index contributed by atoms with van der Waals surface area (Å²) in [7, 11) is 1.80. The van der Waals surface area contributed by atoms with Gasteiger partial charge in [-0.05, 0) is 38.4 Å². The van der Waals surface area contributed by atoms with Gasteiger partial charge in [0.15, 0.2) is 0 Å². The molecule has 0 bridgehead atoms. The molecule has 0 aliphatic carbocycles. The first kappa shape index (κ1) is 15.0. The monoisotopic (exact) mass is 325 g/mol. The molecular weight excluding hydrogens is 306 g/mol. The molecule has 0 saturated carbocycles. The number of fused-ring (bicyclic) bond motifs is 1. The van der Waals surface area contributed by atoms with E-state index >= 15 is 0 Å². The van der Waals surface area contributed by atoms with Crippen LogP contribution in [0.25, 0.3) is 10.9 Å². The summed E-state index contributed by atoms with van der Waals surface area (Å²) in [5, 5.41) is 8.48. The lowest BCUT2D eigenvalue weighted by molar-refractivity contribution is 0.224. The number of hydrogen-bond donors (Lipinski definition) is 0. The number of rotatable bonds is 3. The molecule has 0 N–H and O–H groups in total. The molecule has 7 heteroatoms. The zero-order chi connectivity index (χ0) is 16.7. The fourth-order valence-electron chi connectivity index (χ4n) is 3.43. The van der Waals surface area contributed by atoms with E-state index in [1.54, 1.807) is 11.6 Å². The minimum atomic E-state index is 0.00160. The van der Waals surface area contributed by atoms with Gasteiger partial charge in [-0.25, -0.2) is 9.61 Å². The Hall–Kier alpha value is -2.54. The third-order valence-corrected chi connectivity index (χ3v) is 4.78. The summed E-state index contributed by atoms with van der Waals surface area (Å²) >= 11 is 0. The van der Waals surface area contributed by atoms with Gasteiger partial charge in [0.05, 0.1) is 16.9 Å². The lowest BCUT2D eigenvalue weighted by atomic mass is 10.1. The summed E-state index contributed by atoms with van der Waals surface area (Å²) in [6, 6.07) is 7.60. The van der Waals surface area contributed by atoms with E-state index in [9.17, 15) is 4.79 Å². The van der Waals surface area contributed by atoms with Crippen LogP contribution in [0.5, 0.6) is 0 Å². The number of aromatic nitrogens is 4. The Morgan fingerprint density at radius 3 is 2.92 bits per heavy atom. The molecule has 0 spiro atoms. The molecule has 0 radical (unpaired) electrons. The molecule has 1 aliphatic rings. The highest BCUT2D eigenvalue weighted by molar-refractivity contribution is 5.77. The highest BCUT2D eigenvalue weighted by atomic mass is 16.6. The summed E-state index contributed by atoms with van der Waals surface area (Å²) in [5.74, 6) is 0.810. The Bertz CT molecular complexity index is 946. The smallest absolute Gasteiger partial charge is 0.261 e. The molecule has 24 heavy (non-hydrogen) atoms. The molecular formula is C17H19N5O2. The standard InChI is InChI=1S/C17H19N5O2/c1-11-14(20-24-19-11)10-22-9-5-8-15(22)16-18-13-7-4-3-6-12(13)17(23)21(16)2/h3-4,6-7,15H,5,8-10H2,1-2H3. The number of nitrogens with zero attached hydrogens (tertiary/aromatic N) is 5. The second kappa shape index (κ2) is 5.83. The van der Waals surface area contributed by atoms with Crippen molar-refractivity contribution >= 4 is 10.9 Å². The highest BCUT2D eigenvalue weighted by Gasteiger charge is 2.30. The molecule has 2 aromatic heterocycles. The van der Waals surface area contributed by atoms with Crippen LogP contribution in [0.1, 0.15) is 36.1 Å². The van der Waals surface area contributed by atoms with Crippen LogP contribution in [-0.4, -0.2) is 31.3 Å². The second-order valence-electron chi connectivity index (χ2n) is 6.28. The van der Waals surface area contributed by atoms with Crippen LogP contribution in [0, 0.1) is 6.92 Å². The maximum absolute atomic E-state index is 12.7. The van der Waals surface area contributed by atoms with Gasteiger partial charge in [-0.1, -0.05) is 22.4 Å². The van der Waals surface area contributed by atoms with Crippen molar-refractivity contribution < 1.29 is 4.63 Å². The van der Waals surface area contributed by atoms with Gasteiger partial charge in [0.2, 0.25) is 0 Å². The van der Waals surface area contributed by atoms with Crippen molar-refractivity contribution in [2.75, 3.05) is 6.54 Å². The van der Waals surface area contributed by atoms with Crippen molar-refractivity contribution in [3.63, 3.8) is 0 Å². The molecule has 1 aliphatic heterocycles. The molecule has 4 rings (SSSR count). The topological polar surface area (TPSA) is 77.1 Å². The van der Waals surface area contributed by atoms with Crippen molar-refractivity contribution in [2.45, 2.75) is 32.4 Å². The molecule has 3 aromatic rings. The van der Waals surface area contributed by atoms with Crippen LogP contribution in [0.3, 0.4) is 0 Å². The van der Waals surface area contributed by atoms with Gasteiger partial charge in [0.1, 0.15) is 17.2 Å². The van der Waals surface area contributed by atoms with Crippen molar-refractivity contribution in [2.24, 2.45) is 7.05 Å². The molecule has 1 atom stereocenters.